The van der Waals surface area contributed by atoms with E-state index < -0.39 is 35.7 Å². The molecule has 2 amide bonds. The number of halogens is 2. The number of amides is 2. The van der Waals surface area contributed by atoms with Crippen molar-refractivity contribution in [3.05, 3.63) is 70.1 Å². The Morgan fingerprint density at radius 1 is 1.19 bits per heavy atom. The highest BCUT2D eigenvalue weighted by Crippen LogP contribution is 2.32. The van der Waals surface area contributed by atoms with Gasteiger partial charge in [-0.25, -0.2) is 14.4 Å². The first-order chi connectivity index (χ1) is 19.8. The third-order valence-electron chi connectivity index (χ3n) is 6.67. The molecule has 0 unspecified atom stereocenters. The van der Waals surface area contributed by atoms with E-state index in [0.717, 1.165) is 5.56 Å². The highest BCUT2D eigenvalue weighted by molar-refractivity contribution is 6.58. The first kappa shape index (κ1) is 31.3. The zero-order valence-electron chi connectivity index (χ0n) is 24.1. The fourth-order valence-corrected chi connectivity index (χ4v) is 4.76. The number of aliphatic hydroxyl groups is 2. The molecule has 0 radical (unpaired) electrons. The fourth-order valence-electron chi connectivity index (χ4n) is 4.56. The molecule has 0 saturated carbocycles. The smallest absolute Gasteiger partial charge is 0.255 e. The van der Waals surface area contributed by atoms with Gasteiger partial charge in [-0.05, 0) is 43.2 Å². The maximum absolute atomic E-state index is 14.4. The molecular formula is C27H32B3ClFN5O5. The normalized spacial score (nSPS) is 15.1. The summed E-state index contributed by atoms with van der Waals surface area (Å²) in [5.41, 5.74) is 2.48. The van der Waals surface area contributed by atoms with Crippen LogP contribution >= 0.6 is 11.6 Å². The summed E-state index contributed by atoms with van der Waals surface area (Å²) in [5.74, 6) is -0.870. The van der Waals surface area contributed by atoms with Gasteiger partial charge in [-0.15, -0.1) is 0 Å². The summed E-state index contributed by atoms with van der Waals surface area (Å²) in [5, 5.41) is 24.8. The van der Waals surface area contributed by atoms with E-state index >= 15 is 0 Å². The Hall–Kier alpha value is -3.61. The second-order valence-corrected chi connectivity index (χ2v) is 11.7. The van der Waals surface area contributed by atoms with Gasteiger partial charge < -0.3 is 30.5 Å². The minimum atomic E-state index is -0.916. The number of carbonyl (C=O) groups is 2. The molecule has 218 valence electrons. The van der Waals surface area contributed by atoms with Gasteiger partial charge in [0.2, 0.25) is 11.9 Å². The quantitative estimate of drug-likeness (QED) is 0.225. The molecule has 0 saturated heterocycles. The van der Waals surface area contributed by atoms with E-state index in [4.69, 9.17) is 16.3 Å². The number of carbonyl (C=O) groups excluding carboxylic acids is 2. The number of anilines is 1. The molecule has 3 atom stereocenters. The molecule has 0 aliphatic carbocycles. The molecule has 1 aromatic heterocycles. The summed E-state index contributed by atoms with van der Waals surface area (Å²) in [6, 6.07) is 7.21. The minimum Gasteiger partial charge on any atom is -0.514 e. The van der Waals surface area contributed by atoms with Gasteiger partial charge in [-0.2, -0.15) is 0 Å². The number of benzene rings is 2. The molecule has 4 rings (SSSR count). The number of fused-ring (bicyclic) bond motifs is 1. The van der Waals surface area contributed by atoms with E-state index in [1.54, 1.807) is 38.1 Å². The standard InChI is InChI=1S/C27H32B3ClFN5O5/c1-13(11-38)34-26-33-9-21(31)23(36-26)15-3-4-16-10-37(25(41)20(16)7-15)14(2)24(40)35-22(12-39)17-5-18(32)8-19(6-17)42-27(28,29)30/h3-9,13-14,22,38-39H,10-12,28-30H2,1-2H3,(H,35,40)(H,33,34,36)/t13-,14+,22+/m0/s1. The van der Waals surface area contributed by atoms with E-state index in [2.05, 4.69) is 20.6 Å². The summed E-state index contributed by atoms with van der Waals surface area (Å²) < 4.78 is 20.1. The Bertz CT molecular complexity index is 1490. The van der Waals surface area contributed by atoms with Crippen LogP contribution < -0.4 is 15.4 Å². The van der Waals surface area contributed by atoms with E-state index in [0.29, 0.717) is 22.4 Å². The lowest BCUT2D eigenvalue weighted by molar-refractivity contribution is -0.126. The SMILES string of the molecule is BC(B)(B)Oc1cc(F)cc([C@@H](CO)NC(=O)[C@@H](C)N2Cc3ccc(-c4nc(N[C@@H](C)CO)ncc4Cl)cc3C2=O)c1. The molecule has 0 fully saturated rings. The highest BCUT2D eigenvalue weighted by Gasteiger charge is 2.35. The molecular weight excluding hydrogens is 561 g/mol. The number of nitrogens with one attached hydrogen (secondary N) is 2. The van der Waals surface area contributed by atoms with E-state index in [9.17, 15) is 24.2 Å². The van der Waals surface area contributed by atoms with Crippen molar-refractivity contribution in [1.29, 1.82) is 0 Å². The largest absolute Gasteiger partial charge is 0.514 e. The first-order valence-corrected chi connectivity index (χ1v) is 13.9. The van der Waals surface area contributed by atoms with Gasteiger partial charge in [0.15, 0.2) is 0 Å². The van der Waals surface area contributed by atoms with Gasteiger partial charge >= 0.3 is 0 Å². The Morgan fingerprint density at radius 3 is 2.60 bits per heavy atom. The maximum atomic E-state index is 14.4. The molecule has 4 N–H and O–H groups in total. The van der Waals surface area contributed by atoms with Crippen molar-refractivity contribution in [1.82, 2.24) is 20.2 Å². The van der Waals surface area contributed by atoms with Crippen LogP contribution in [-0.2, 0) is 11.3 Å². The van der Waals surface area contributed by atoms with Gasteiger partial charge in [-0.3, -0.25) is 9.59 Å². The Kier molecular flexibility index (Phi) is 9.49. The first-order valence-electron chi connectivity index (χ1n) is 13.5. The molecule has 0 bridgehead atoms. The third kappa shape index (κ3) is 7.23. The van der Waals surface area contributed by atoms with Crippen LogP contribution in [0, 0.1) is 5.82 Å². The fraction of sp³-hybridized carbons (Fsp3) is 0.333. The van der Waals surface area contributed by atoms with Crippen LogP contribution in [0.3, 0.4) is 0 Å². The van der Waals surface area contributed by atoms with Crippen molar-refractivity contribution >= 4 is 52.9 Å². The van der Waals surface area contributed by atoms with Crippen molar-refractivity contribution in [3.63, 3.8) is 0 Å². The van der Waals surface area contributed by atoms with Crippen LogP contribution in [0.4, 0.5) is 10.3 Å². The number of ether oxygens (including phenoxy) is 1. The van der Waals surface area contributed by atoms with Crippen LogP contribution in [-0.4, -0.2) is 91.0 Å². The summed E-state index contributed by atoms with van der Waals surface area (Å²) in [6.07, 6.45) is 1.44. The predicted molar refractivity (Wildman–Crippen MR) is 165 cm³/mol. The van der Waals surface area contributed by atoms with E-state index in [-0.39, 0.29) is 41.8 Å². The van der Waals surface area contributed by atoms with Gasteiger partial charge in [-0.1, -0.05) is 23.7 Å². The predicted octanol–water partition coefficient (Wildman–Crippen LogP) is -0.188. The molecule has 1 aliphatic heterocycles. The summed E-state index contributed by atoms with van der Waals surface area (Å²) in [7, 11) is 5.48. The Morgan fingerprint density at radius 2 is 1.93 bits per heavy atom. The second-order valence-electron chi connectivity index (χ2n) is 11.3. The molecule has 10 nitrogen and oxygen atoms in total. The summed E-state index contributed by atoms with van der Waals surface area (Å²) in [6.45, 7) is 2.98. The van der Waals surface area contributed by atoms with E-state index in [1.165, 1.54) is 23.2 Å². The molecule has 15 heteroatoms. The zero-order chi connectivity index (χ0) is 30.8. The summed E-state index contributed by atoms with van der Waals surface area (Å²) >= 11 is 6.37. The van der Waals surface area contributed by atoms with Gasteiger partial charge in [0, 0.05) is 35.1 Å². The lowest BCUT2D eigenvalue weighted by atomic mass is 9.52. The summed E-state index contributed by atoms with van der Waals surface area (Å²) in [4.78, 5) is 36.7. The van der Waals surface area contributed by atoms with Gasteiger partial charge in [0.1, 0.15) is 41.1 Å². The van der Waals surface area contributed by atoms with Crippen molar-refractivity contribution in [2.45, 2.75) is 43.8 Å². The second kappa shape index (κ2) is 12.7. The van der Waals surface area contributed by atoms with Crippen LogP contribution in [0.25, 0.3) is 11.3 Å². The molecule has 3 aromatic rings. The van der Waals surface area contributed by atoms with Crippen LogP contribution in [0.15, 0.2) is 42.6 Å². The zero-order valence-corrected chi connectivity index (χ0v) is 24.9. The van der Waals surface area contributed by atoms with Crippen LogP contribution in [0.2, 0.25) is 5.02 Å². The molecule has 2 heterocycles. The van der Waals surface area contributed by atoms with Crippen LogP contribution in [0.1, 0.15) is 41.4 Å². The van der Waals surface area contributed by atoms with Gasteiger partial charge in [0.05, 0.1) is 36.2 Å². The molecule has 2 aromatic carbocycles. The minimum absolute atomic E-state index is 0.107. The van der Waals surface area contributed by atoms with Crippen LogP contribution in [0.5, 0.6) is 5.75 Å². The monoisotopic (exact) mass is 593 g/mol. The number of nitrogens with zero attached hydrogens (tertiary/aromatic N) is 3. The molecule has 1 aliphatic rings. The average Bonchev–Trinajstić information content (AvgIpc) is 3.26. The maximum Gasteiger partial charge on any atom is 0.255 e. The number of aliphatic hydroxyl groups excluding tert-OH is 2. The van der Waals surface area contributed by atoms with E-state index in [1.807, 2.05) is 23.5 Å². The molecule has 0 spiro atoms. The van der Waals surface area contributed by atoms with Crippen molar-refractivity contribution in [3.8, 4) is 17.0 Å². The number of rotatable bonds is 11. The number of hydrogen-bond acceptors (Lipinski definition) is 8. The Balaban J connectivity index is 1.51. The Labute approximate surface area is 251 Å². The van der Waals surface area contributed by atoms with Crippen molar-refractivity contribution in [2.75, 3.05) is 18.5 Å². The van der Waals surface area contributed by atoms with Crippen molar-refractivity contribution < 1.29 is 28.9 Å². The highest BCUT2D eigenvalue weighted by atomic mass is 35.5. The average molecular weight is 593 g/mol. The van der Waals surface area contributed by atoms with Crippen molar-refractivity contribution in [2.24, 2.45) is 0 Å². The van der Waals surface area contributed by atoms with Gasteiger partial charge in [0.25, 0.3) is 5.91 Å². The number of aromatic nitrogens is 2. The molecule has 42 heavy (non-hydrogen) atoms. The lowest BCUT2D eigenvalue weighted by Gasteiger charge is -2.27. The lowest BCUT2D eigenvalue weighted by Crippen LogP contribution is -2.46. The third-order valence-corrected chi connectivity index (χ3v) is 6.95. The number of hydrogen-bond donors (Lipinski definition) is 4. The topological polar surface area (TPSA) is 137 Å².